The van der Waals surface area contributed by atoms with E-state index in [1.807, 2.05) is 18.2 Å². The van der Waals surface area contributed by atoms with Crippen LogP contribution in [0.5, 0.6) is 5.75 Å². The summed E-state index contributed by atoms with van der Waals surface area (Å²) in [6.45, 7) is 6.31. The summed E-state index contributed by atoms with van der Waals surface area (Å²) in [5.74, 6) is 2.67. The van der Waals surface area contributed by atoms with Gasteiger partial charge in [0, 0.05) is 6.42 Å². The van der Waals surface area contributed by atoms with E-state index >= 15 is 0 Å². The van der Waals surface area contributed by atoms with Crippen LogP contribution >= 0.6 is 0 Å². The van der Waals surface area contributed by atoms with Gasteiger partial charge in [0.1, 0.15) is 5.75 Å². The number of amides is 1. The number of carbonyl (C=O) groups excluding carboxylic acids is 1. The molecular weight excluding hydrogens is 252 g/mol. The van der Waals surface area contributed by atoms with E-state index in [0.29, 0.717) is 11.4 Å². The first-order valence-electron chi connectivity index (χ1n) is 6.48. The molecular formula is C16H22N2O2. The molecule has 1 aromatic carbocycles. The van der Waals surface area contributed by atoms with Crippen LogP contribution in [0.4, 0.5) is 5.69 Å². The van der Waals surface area contributed by atoms with Gasteiger partial charge in [-0.05, 0) is 23.1 Å². The summed E-state index contributed by atoms with van der Waals surface area (Å²) in [5, 5.41) is 2.77. The molecule has 0 aliphatic rings. The molecule has 1 amide bonds. The van der Waals surface area contributed by atoms with Gasteiger partial charge in [-0.15, -0.1) is 12.3 Å². The van der Waals surface area contributed by atoms with E-state index in [0.717, 1.165) is 5.56 Å². The summed E-state index contributed by atoms with van der Waals surface area (Å²) in [7, 11) is 1.56. The van der Waals surface area contributed by atoms with Gasteiger partial charge in [-0.2, -0.15) is 0 Å². The van der Waals surface area contributed by atoms with Crippen LogP contribution < -0.4 is 15.8 Å². The van der Waals surface area contributed by atoms with Gasteiger partial charge in [0.05, 0.1) is 18.8 Å². The van der Waals surface area contributed by atoms with E-state index in [9.17, 15) is 4.79 Å². The molecule has 4 nitrogen and oxygen atoms in total. The Kier molecular flexibility index (Phi) is 5.18. The summed E-state index contributed by atoms with van der Waals surface area (Å²) in [4.78, 5) is 11.9. The van der Waals surface area contributed by atoms with E-state index in [-0.39, 0.29) is 17.7 Å². The lowest BCUT2D eigenvalue weighted by atomic mass is 9.87. The Morgan fingerprint density at radius 1 is 1.50 bits per heavy atom. The third-order valence-electron chi connectivity index (χ3n) is 3.00. The second-order valence-electron chi connectivity index (χ2n) is 5.67. The predicted molar refractivity (Wildman–Crippen MR) is 81.7 cm³/mol. The largest absolute Gasteiger partial charge is 0.495 e. The lowest BCUT2D eigenvalue weighted by Crippen LogP contribution is -2.35. The number of terminal acetylenes is 1. The maximum atomic E-state index is 11.9. The fourth-order valence-electron chi connectivity index (χ4n) is 1.72. The zero-order chi connectivity index (χ0) is 15.3. The number of nitrogens with two attached hydrogens (primary N) is 1. The number of carbonyl (C=O) groups is 1. The highest BCUT2D eigenvalue weighted by Gasteiger charge is 2.18. The molecule has 0 aromatic heterocycles. The highest BCUT2D eigenvalue weighted by atomic mass is 16.5. The van der Waals surface area contributed by atoms with Crippen LogP contribution in [0.3, 0.4) is 0 Å². The molecule has 1 unspecified atom stereocenters. The Morgan fingerprint density at radius 2 is 2.15 bits per heavy atom. The number of hydrogen-bond donors (Lipinski definition) is 2. The zero-order valence-electron chi connectivity index (χ0n) is 12.5. The summed E-state index contributed by atoms with van der Waals surface area (Å²) >= 11 is 0. The van der Waals surface area contributed by atoms with Crippen LogP contribution in [0, 0.1) is 12.3 Å². The lowest BCUT2D eigenvalue weighted by molar-refractivity contribution is -0.117. The molecule has 4 heteroatoms. The second-order valence-corrected chi connectivity index (χ2v) is 5.67. The molecule has 0 saturated heterocycles. The van der Waals surface area contributed by atoms with Crippen LogP contribution in [0.25, 0.3) is 0 Å². The normalized spacial score (nSPS) is 12.4. The molecule has 0 aliphatic heterocycles. The van der Waals surface area contributed by atoms with Crippen LogP contribution in [0.1, 0.15) is 32.8 Å². The van der Waals surface area contributed by atoms with E-state index in [1.165, 1.54) is 0 Å². The number of nitrogens with one attached hydrogen (secondary N) is 1. The summed E-state index contributed by atoms with van der Waals surface area (Å²) < 4.78 is 5.26. The van der Waals surface area contributed by atoms with E-state index in [2.05, 4.69) is 32.0 Å². The minimum Gasteiger partial charge on any atom is -0.495 e. The van der Waals surface area contributed by atoms with E-state index < -0.39 is 6.04 Å². The standard InChI is InChI=1S/C16H22N2O2/c1-6-7-12(17)15(19)18-13-10-11(16(2,3)4)8-9-14(13)20-5/h1,8-10,12H,7,17H2,2-5H3,(H,18,19). The molecule has 1 aromatic rings. The minimum atomic E-state index is -0.719. The van der Waals surface area contributed by atoms with E-state index in [1.54, 1.807) is 7.11 Å². The van der Waals surface area contributed by atoms with Crippen molar-refractivity contribution >= 4 is 11.6 Å². The summed E-state index contributed by atoms with van der Waals surface area (Å²) in [6.07, 6.45) is 5.36. The number of hydrogen-bond acceptors (Lipinski definition) is 3. The Labute approximate surface area is 120 Å². The molecule has 0 heterocycles. The van der Waals surface area contributed by atoms with Gasteiger partial charge in [-0.25, -0.2) is 0 Å². The molecule has 0 radical (unpaired) electrons. The number of ether oxygens (including phenoxy) is 1. The summed E-state index contributed by atoms with van der Waals surface area (Å²) in [6, 6.07) is 5.00. The van der Waals surface area contributed by atoms with Gasteiger partial charge in [0.25, 0.3) is 0 Å². The number of rotatable bonds is 4. The minimum absolute atomic E-state index is 0.0212. The highest BCUT2D eigenvalue weighted by molar-refractivity contribution is 5.96. The average Bonchev–Trinajstić information content (AvgIpc) is 2.37. The van der Waals surface area contributed by atoms with Crippen molar-refractivity contribution in [3.8, 4) is 18.1 Å². The SMILES string of the molecule is C#CCC(N)C(=O)Nc1cc(C(C)(C)C)ccc1OC. The number of methoxy groups -OCH3 is 1. The quantitative estimate of drug-likeness (QED) is 0.828. The fraction of sp³-hybridized carbons (Fsp3) is 0.438. The second kappa shape index (κ2) is 6.44. The van der Waals surface area contributed by atoms with Crippen molar-refractivity contribution in [1.82, 2.24) is 0 Å². The van der Waals surface area contributed by atoms with Crippen LogP contribution in [0.2, 0.25) is 0 Å². The maximum Gasteiger partial charge on any atom is 0.242 e. The van der Waals surface area contributed by atoms with Crippen molar-refractivity contribution in [3.05, 3.63) is 23.8 Å². The van der Waals surface area contributed by atoms with Gasteiger partial charge in [0.15, 0.2) is 0 Å². The van der Waals surface area contributed by atoms with Crippen LogP contribution in [-0.4, -0.2) is 19.1 Å². The van der Waals surface area contributed by atoms with Crippen LogP contribution in [-0.2, 0) is 10.2 Å². The molecule has 0 fully saturated rings. The molecule has 0 saturated carbocycles. The molecule has 0 bridgehead atoms. The van der Waals surface area contributed by atoms with Crippen molar-refractivity contribution in [2.75, 3.05) is 12.4 Å². The van der Waals surface area contributed by atoms with Gasteiger partial charge in [0.2, 0.25) is 5.91 Å². The summed E-state index contributed by atoms with van der Waals surface area (Å²) in [5.41, 5.74) is 7.38. The van der Waals surface area contributed by atoms with Crippen molar-refractivity contribution in [3.63, 3.8) is 0 Å². The maximum absolute atomic E-state index is 11.9. The molecule has 20 heavy (non-hydrogen) atoms. The first-order chi connectivity index (χ1) is 9.29. The molecule has 0 aliphatic carbocycles. The van der Waals surface area contributed by atoms with Crippen molar-refractivity contribution in [1.29, 1.82) is 0 Å². The Morgan fingerprint density at radius 3 is 2.65 bits per heavy atom. The molecule has 1 atom stereocenters. The Balaban J connectivity index is 3.04. The predicted octanol–water partition coefficient (Wildman–Crippen LogP) is 2.28. The third-order valence-corrected chi connectivity index (χ3v) is 3.00. The molecule has 3 N–H and O–H groups in total. The van der Waals surface area contributed by atoms with E-state index in [4.69, 9.17) is 16.9 Å². The highest BCUT2D eigenvalue weighted by Crippen LogP contribution is 2.31. The van der Waals surface area contributed by atoms with Gasteiger partial charge < -0.3 is 15.8 Å². The Bertz CT molecular complexity index is 524. The van der Waals surface area contributed by atoms with Crippen LogP contribution in [0.15, 0.2) is 18.2 Å². The topological polar surface area (TPSA) is 64.4 Å². The molecule has 0 spiro atoms. The first-order valence-corrected chi connectivity index (χ1v) is 6.48. The van der Waals surface area contributed by atoms with Gasteiger partial charge in [-0.3, -0.25) is 4.79 Å². The zero-order valence-corrected chi connectivity index (χ0v) is 12.5. The number of anilines is 1. The van der Waals surface area contributed by atoms with Crippen molar-refractivity contribution < 1.29 is 9.53 Å². The van der Waals surface area contributed by atoms with Crippen molar-refractivity contribution in [2.45, 2.75) is 38.6 Å². The van der Waals surface area contributed by atoms with Crippen molar-refractivity contribution in [2.24, 2.45) is 5.73 Å². The molecule has 1 rings (SSSR count). The van der Waals surface area contributed by atoms with Gasteiger partial charge in [-0.1, -0.05) is 26.8 Å². The third kappa shape index (κ3) is 4.01. The first kappa shape index (κ1) is 16.1. The lowest BCUT2D eigenvalue weighted by Gasteiger charge is -2.21. The smallest absolute Gasteiger partial charge is 0.242 e. The molecule has 108 valence electrons. The monoisotopic (exact) mass is 274 g/mol. The fourth-order valence-corrected chi connectivity index (χ4v) is 1.72. The van der Waals surface area contributed by atoms with Gasteiger partial charge >= 0.3 is 0 Å². The average molecular weight is 274 g/mol. The number of benzene rings is 1. The Hall–Kier alpha value is -1.99.